The number of unbranched alkanes of at least 4 members (excludes halogenated alkanes) is 1. The summed E-state index contributed by atoms with van der Waals surface area (Å²) in [4.78, 5) is 20.4. The maximum absolute atomic E-state index is 12.8. The summed E-state index contributed by atoms with van der Waals surface area (Å²) in [5.41, 5.74) is 1.39. The standard InChI is InChI=1S/C24H40N4O/c1-3-4-11-25-24(29)23-17-22(18-27-15-13-26(2)14-16-27)19-28(20-23)12-10-21-8-6-5-7-9-21/h5-9,22-23H,3-4,10-20H2,1-2H3,(H,25,29)/t22-,23-/m1/s1. The molecule has 1 aromatic carbocycles. The van der Waals surface area contributed by atoms with Gasteiger partial charge in [-0.3, -0.25) is 4.79 Å². The van der Waals surface area contributed by atoms with Crippen LogP contribution >= 0.6 is 0 Å². The third-order valence-corrected chi connectivity index (χ3v) is 6.49. The molecule has 2 saturated heterocycles. The molecule has 2 aliphatic rings. The van der Waals surface area contributed by atoms with E-state index in [9.17, 15) is 4.79 Å². The first-order valence-corrected chi connectivity index (χ1v) is 11.6. The van der Waals surface area contributed by atoms with Gasteiger partial charge in [-0.15, -0.1) is 0 Å². The van der Waals surface area contributed by atoms with Gasteiger partial charge in [0.1, 0.15) is 0 Å². The van der Waals surface area contributed by atoms with Gasteiger partial charge in [-0.2, -0.15) is 0 Å². The van der Waals surface area contributed by atoms with E-state index in [1.165, 1.54) is 5.56 Å². The molecular formula is C24H40N4O. The third kappa shape index (κ3) is 7.40. The Kier molecular flexibility index (Phi) is 8.96. The van der Waals surface area contributed by atoms with Crippen LogP contribution in [-0.4, -0.2) is 86.6 Å². The summed E-state index contributed by atoms with van der Waals surface area (Å²) in [7, 11) is 2.21. The zero-order valence-corrected chi connectivity index (χ0v) is 18.5. The molecule has 29 heavy (non-hydrogen) atoms. The van der Waals surface area contributed by atoms with Crippen molar-refractivity contribution in [1.29, 1.82) is 0 Å². The molecule has 0 aliphatic carbocycles. The number of carbonyl (C=O) groups excluding carboxylic acids is 1. The quantitative estimate of drug-likeness (QED) is 0.646. The van der Waals surface area contributed by atoms with E-state index in [4.69, 9.17) is 0 Å². The maximum Gasteiger partial charge on any atom is 0.224 e. The van der Waals surface area contributed by atoms with Crippen molar-refractivity contribution < 1.29 is 4.79 Å². The molecule has 0 saturated carbocycles. The number of benzene rings is 1. The summed E-state index contributed by atoms with van der Waals surface area (Å²) in [6, 6.07) is 10.7. The predicted octanol–water partition coefficient (Wildman–Crippen LogP) is 2.33. The molecule has 0 aromatic heterocycles. The molecule has 1 amide bonds. The van der Waals surface area contributed by atoms with Gasteiger partial charge in [0.2, 0.25) is 5.91 Å². The van der Waals surface area contributed by atoms with Crippen LogP contribution in [-0.2, 0) is 11.2 Å². The van der Waals surface area contributed by atoms with Crippen molar-refractivity contribution in [3.8, 4) is 0 Å². The zero-order valence-electron chi connectivity index (χ0n) is 18.5. The number of nitrogens with zero attached hydrogens (tertiary/aromatic N) is 3. The Hall–Kier alpha value is -1.43. The minimum Gasteiger partial charge on any atom is -0.356 e. The van der Waals surface area contributed by atoms with Crippen LogP contribution < -0.4 is 5.32 Å². The number of likely N-dealkylation sites (N-methyl/N-ethyl adjacent to an activating group) is 1. The van der Waals surface area contributed by atoms with Crippen molar-refractivity contribution in [2.75, 3.05) is 66.0 Å². The van der Waals surface area contributed by atoms with Gasteiger partial charge < -0.3 is 20.0 Å². The molecule has 0 unspecified atom stereocenters. The van der Waals surface area contributed by atoms with E-state index in [1.807, 2.05) is 0 Å². The minimum absolute atomic E-state index is 0.133. The average Bonchev–Trinajstić information content (AvgIpc) is 2.74. The number of carbonyl (C=O) groups is 1. The second-order valence-corrected chi connectivity index (χ2v) is 9.04. The van der Waals surface area contributed by atoms with Crippen LogP contribution in [0.25, 0.3) is 0 Å². The summed E-state index contributed by atoms with van der Waals surface area (Å²) >= 11 is 0. The Balaban J connectivity index is 1.56. The number of likely N-dealkylation sites (tertiary alicyclic amines) is 1. The molecule has 2 atom stereocenters. The van der Waals surface area contributed by atoms with Crippen LogP contribution in [0.4, 0.5) is 0 Å². The van der Waals surface area contributed by atoms with Gasteiger partial charge in [0.15, 0.2) is 0 Å². The summed E-state index contributed by atoms with van der Waals surface area (Å²) in [5, 5.41) is 3.19. The van der Waals surface area contributed by atoms with Gasteiger partial charge in [0.25, 0.3) is 0 Å². The Labute approximate surface area is 177 Å². The Bertz CT molecular complexity index is 600. The van der Waals surface area contributed by atoms with Gasteiger partial charge in [-0.25, -0.2) is 0 Å². The van der Waals surface area contributed by atoms with Crippen LogP contribution in [0.5, 0.6) is 0 Å². The molecule has 5 heteroatoms. The zero-order chi connectivity index (χ0) is 20.5. The number of piperazine rings is 1. The topological polar surface area (TPSA) is 38.8 Å². The van der Waals surface area contributed by atoms with E-state index in [0.717, 1.165) is 84.6 Å². The van der Waals surface area contributed by atoms with Gasteiger partial charge >= 0.3 is 0 Å². The highest BCUT2D eigenvalue weighted by Gasteiger charge is 2.32. The monoisotopic (exact) mass is 400 g/mol. The van der Waals surface area contributed by atoms with E-state index >= 15 is 0 Å². The van der Waals surface area contributed by atoms with E-state index in [0.29, 0.717) is 5.92 Å². The van der Waals surface area contributed by atoms with Crippen molar-refractivity contribution in [1.82, 2.24) is 20.0 Å². The van der Waals surface area contributed by atoms with Crippen LogP contribution in [0.15, 0.2) is 30.3 Å². The Morgan fingerprint density at radius 3 is 2.55 bits per heavy atom. The van der Waals surface area contributed by atoms with Gasteiger partial charge in [0, 0.05) is 58.9 Å². The average molecular weight is 401 g/mol. The van der Waals surface area contributed by atoms with Crippen molar-refractivity contribution in [2.45, 2.75) is 32.6 Å². The Morgan fingerprint density at radius 2 is 1.83 bits per heavy atom. The highest BCUT2D eigenvalue weighted by Crippen LogP contribution is 2.24. The molecule has 0 bridgehead atoms. The first kappa shape index (κ1) is 22.3. The number of piperidine rings is 1. The van der Waals surface area contributed by atoms with Crippen molar-refractivity contribution >= 4 is 5.91 Å². The third-order valence-electron chi connectivity index (χ3n) is 6.49. The van der Waals surface area contributed by atoms with E-state index in [2.05, 4.69) is 64.3 Å². The summed E-state index contributed by atoms with van der Waals surface area (Å²) in [5.74, 6) is 0.991. The lowest BCUT2D eigenvalue weighted by Gasteiger charge is -2.41. The van der Waals surface area contributed by atoms with Gasteiger partial charge in [-0.1, -0.05) is 43.7 Å². The maximum atomic E-state index is 12.8. The van der Waals surface area contributed by atoms with Crippen LogP contribution in [0, 0.1) is 11.8 Å². The Morgan fingerprint density at radius 1 is 1.07 bits per heavy atom. The lowest BCUT2D eigenvalue weighted by atomic mass is 9.87. The second-order valence-electron chi connectivity index (χ2n) is 9.04. The molecule has 1 N–H and O–H groups in total. The lowest BCUT2D eigenvalue weighted by molar-refractivity contribution is -0.127. The molecule has 2 fully saturated rings. The van der Waals surface area contributed by atoms with Gasteiger partial charge in [0.05, 0.1) is 5.92 Å². The van der Waals surface area contributed by atoms with Crippen molar-refractivity contribution in [3.05, 3.63) is 35.9 Å². The van der Waals surface area contributed by atoms with E-state index in [1.54, 1.807) is 0 Å². The van der Waals surface area contributed by atoms with Crippen molar-refractivity contribution in [3.63, 3.8) is 0 Å². The first-order valence-electron chi connectivity index (χ1n) is 11.6. The van der Waals surface area contributed by atoms with Crippen LogP contribution in [0.3, 0.4) is 0 Å². The highest BCUT2D eigenvalue weighted by molar-refractivity contribution is 5.79. The molecule has 3 rings (SSSR count). The molecule has 1 aromatic rings. The van der Waals surface area contributed by atoms with Crippen LogP contribution in [0.2, 0.25) is 0 Å². The molecule has 5 nitrogen and oxygen atoms in total. The number of hydrogen-bond acceptors (Lipinski definition) is 4. The fourth-order valence-electron chi connectivity index (χ4n) is 4.67. The largest absolute Gasteiger partial charge is 0.356 e. The normalized spacial score (nSPS) is 24.5. The molecule has 0 spiro atoms. The number of rotatable bonds is 9. The molecular weight excluding hydrogens is 360 g/mol. The summed E-state index contributed by atoms with van der Waals surface area (Å²) < 4.78 is 0. The fraction of sp³-hybridized carbons (Fsp3) is 0.708. The highest BCUT2D eigenvalue weighted by atomic mass is 16.1. The smallest absolute Gasteiger partial charge is 0.224 e. The van der Waals surface area contributed by atoms with Crippen LogP contribution in [0.1, 0.15) is 31.7 Å². The molecule has 0 radical (unpaired) electrons. The predicted molar refractivity (Wildman–Crippen MR) is 120 cm³/mol. The number of nitrogens with one attached hydrogen (secondary N) is 1. The van der Waals surface area contributed by atoms with Gasteiger partial charge in [-0.05, 0) is 37.8 Å². The molecule has 162 valence electrons. The number of amides is 1. The number of hydrogen-bond donors (Lipinski definition) is 1. The fourth-order valence-corrected chi connectivity index (χ4v) is 4.67. The van der Waals surface area contributed by atoms with Crippen molar-refractivity contribution in [2.24, 2.45) is 11.8 Å². The summed E-state index contributed by atoms with van der Waals surface area (Å²) in [6.45, 7) is 11.8. The second kappa shape index (κ2) is 11.7. The SMILES string of the molecule is CCCCNC(=O)[C@@H]1C[C@H](CN2CCN(C)CC2)CN(CCc2ccccc2)C1. The summed E-state index contributed by atoms with van der Waals surface area (Å²) in [6.07, 6.45) is 4.29. The lowest BCUT2D eigenvalue weighted by Crippen LogP contribution is -2.52. The minimum atomic E-state index is 0.133. The van der Waals surface area contributed by atoms with E-state index in [-0.39, 0.29) is 11.8 Å². The molecule has 2 heterocycles. The van der Waals surface area contributed by atoms with E-state index < -0.39 is 0 Å². The molecule has 2 aliphatic heterocycles. The first-order chi connectivity index (χ1) is 14.1.